The Balaban J connectivity index is 2.30. The molecule has 0 saturated carbocycles. The van der Waals surface area contributed by atoms with Gasteiger partial charge in [-0.1, -0.05) is 12.1 Å². The molecule has 3 rings (SSSR count). The van der Waals surface area contributed by atoms with E-state index in [1.807, 2.05) is 0 Å². The Morgan fingerprint density at radius 2 is 1.88 bits per heavy atom. The molecule has 2 aromatic heterocycles. The average molecular weight is 352 g/mol. The van der Waals surface area contributed by atoms with Gasteiger partial charge >= 0.3 is 0 Å². The topological polar surface area (TPSA) is 76.9 Å². The van der Waals surface area contributed by atoms with Crippen LogP contribution >= 0.6 is 0 Å². The van der Waals surface area contributed by atoms with Crippen LogP contribution in [-0.4, -0.2) is 20.5 Å². The number of pyridine rings is 1. The lowest BCUT2D eigenvalue weighted by atomic mass is 10.0. The molecule has 0 amide bonds. The van der Waals surface area contributed by atoms with Gasteiger partial charge in [0.25, 0.3) is 5.56 Å². The molecule has 2 heterocycles. The number of aromatic nitrogens is 3. The second kappa shape index (κ2) is 7.26. The smallest absolute Gasteiger partial charge is 0.291 e. The zero-order chi connectivity index (χ0) is 18.7. The van der Waals surface area contributed by atoms with Gasteiger partial charge in [0.15, 0.2) is 5.78 Å². The van der Waals surface area contributed by atoms with E-state index in [2.05, 4.69) is 15.4 Å². The minimum absolute atomic E-state index is 0.00580. The third kappa shape index (κ3) is 3.23. The summed E-state index contributed by atoms with van der Waals surface area (Å²) < 4.78 is 15.3. The molecule has 7 heteroatoms. The molecule has 26 heavy (non-hydrogen) atoms. The van der Waals surface area contributed by atoms with Crippen LogP contribution < -0.4 is 10.9 Å². The quantitative estimate of drug-likeness (QED) is 0.712. The Bertz CT molecular complexity index is 1020. The van der Waals surface area contributed by atoms with Crippen molar-refractivity contribution in [2.24, 2.45) is 0 Å². The highest BCUT2D eigenvalue weighted by Gasteiger charge is 2.22. The van der Waals surface area contributed by atoms with Gasteiger partial charge < -0.3 is 5.32 Å². The second-order valence-corrected chi connectivity index (χ2v) is 5.62. The van der Waals surface area contributed by atoms with Gasteiger partial charge in [-0.2, -0.15) is 5.10 Å². The fraction of sp³-hybridized carbons (Fsp3) is 0.158. The van der Waals surface area contributed by atoms with Crippen molar-refractivity contribution >= 4 is 17.2 Å². The van der Waals surface area contributed by atoms with E-state index in [4.69, 9.17) is 0 Å². The van der Waals surface area contributed by atoms with E-state index in [0.29, 0.717) is 17.8 Å². The Morgan fingerprint density at radius 1 is 1.19 bits per heavy atom. The van der Waals surface area contributed by atoms with Crippen molar-refractivity contribution in [3.63, 3.8) is 0 Å². The number of ketones is 1. The first-order valence-corrected chi connectivity index (χ1v) is 8.11. The molecule has 132 valence electrons. The fourth-order valence-electron chi connectivity index (χ4n) is 2.65. The highest BCUT2D eigenvalue weighted by Crippen LogP contribution is 2.28. The number of hydrogen-bond donors (Lipinski definition) is 1. The summed E-state index contributed by atoms with van der Waals surface area (Å²) in [4.78, 5) is 29.1. The normalized spacial score (nSPS) is 10.6. The van der Waals surface area contributed by atoms with Crippen molar-refractivity contribution in [1.29, 1.82) is 0 Å². The van der Waals surface area contributed by atoms with Gasteiger partial charge in [-0.25, -0.2) is 9.07 Å². The van der Waals surface area contributed by atoms with E-state index in [9.17, 15) is 14.0 Å². The fourth-order valence-corrected chi connectivity index (χ4v) is 2.65. The summed E-state index contributed by atoms with van der Waals surface area (Å²) in [5.41, 5.74) is 0.741. The number of hydrogen-bond acceptors (Lipinski definition) is 5. The summed E-state index contributed by atoms with van der Waals surface area (Å²) in [6.07, 6.45) is 3.15. The first kappa shape index (κ1) is 17.5. The molecular formula is C19H17FN4O2. The van der Waals surface area contributed by atoms with Gasteiger partial charge in [-0.15, -0.1) is 0 Å². The molecular weight excluding hydrogens is 335 g/mol. The number of carbonyl (C=O) groups excluding carboxylic acids is 1. The molecule has 3 aromatic rings. The van der Waals surface area contributed by atoms with Crippen molar-refractivity contribution in [1.82, 2.24) is 14.8 Å². The zero-order valence-corrected chi connectivity index (χ0v) is 14.4. The van der Waals surface area contributed by atoms with Gasteiger partial charge in [0.05, 0.1) is 11.3 Å². The number of rotatable bonds is 5. The second-order valence-electron chi connectivity index (χ2n) is 5.62. The number of nitrogens with one attached hydrogen (secondary N) is 1. The molecule has 0 fully saturated rings. The summed E-state index contributed by atoms with van der Waals surface area (Å²) in [7, 11) is 0. The summed E-state index contributed by atoms with van der Waals surface area (Å²) in [6.45, 7) is 3.43. The van der Waals surface area contributed by atoms with E-state index >= 15 is 0 Å². The summed E-state index contributed by atoms with van der Waals surface area (Å²) >= 11 is 0. The molecule has 0 aliphatic heterocycles. The van der Waals surface area contributed by atoms with E-state index < -0.39 is 11.4 Å². The van der Waals surface area contributed by atoms with Crippen molar-refractivity contribution in [2.45, 2.75) is 20.4 Å². The molecule has 0 bridgehead atoms. The van der Waals surface area contributed by atoms with Gasteiger partial charge in [0.2, 0.25) is 0 Å². The van der Waals surface area contributed by atoms with E-state index in [1.165, 1.54) is 23.7 Å². The molecule has 1 aromatic carbocycles. The number of carbonyl (C=O) groups is 1. The molecule has 0 aliphatic rings. The lowest BCUT2D eigenvalue weighted by Crippen LogP contribution is -2.28. The maximum Gasteiger partial charge on any atom is 0.291 e. The van der Waals surface area contributed by atoms with E-state index in [0.717, 1.165) is 0 Å². The van der Waals surface area contributed by atoms with Crippen LogP contribution in [0.1, 0.15) is 24.2 Å². The molecule has 0 unspecified atom stereocenters. The summed E-state index contributed by atoms with van der Waals surface area (Å²) in [6, 6.07) is 9.37. The average Bonchev–Trinajstić information content (AvgIpc) is 2.65. The molecule has 6 nitrogen and oxygen atoms in total. The van der Waals surface area contributed by atoms with Crippen LogP contribution in [0.2, 0.25) is 0 Å². The maximum absolute atomic E-state index is 14.1. The van der Waals surface area contributed by atoms with Crippen LogP contribution in [0.5, 0.6) is 0 Å². The third-order valence-electron chi connectivity index (χ3n) is 3.89. The minimum Gasteiger partial charge on any atom is -0.348 e. The van der Waals surface area contributed by atoms with Crippen LogP contribution in [0.15, 0.2) is 53.6 Å². The number of benzene rings is 1. The number of nitrogens with zero attached hydrogens (tertiary/aromatic N) is 3. The lowest BCUT2D eigenvalue weighted by molar-refractivity contribution is 0.101. The predicted molar refractivity (Wildman–Crippen MR) is 97.1 cm³/mol. The molecule has 0 saturated heterocycles. The zero-order valence-electron chi connectivity index (χ0n) is 14.4. The summed E-state index contributed by atoms with van der Waals surface area (Å²) in [5.74, 6) is -0.866. The Labute approximate surface area is 149 Å². The van der Waals surface area contributed by atoms with Gasteiger partial charge in [0.1, 0.15) is 17.2 Å². The highest BCUT2D eigenvalue weighted by atomic mass is 19.1. The SMILES string of the molecule is CCn1nc(-c2ccncc2)c(C(C)=O)c(Nc2ccccc2F)c1=O. The monoisotopic (exact) mass is 352 g/mol. The highest BCUT2D eigenvalue weighted by molar-refractivity contribution is 6.05. The number of anilines is 2. The molecule has 0 radical (unpaired) electrons. The molecule has 0 atom stereocenters. The van der Waals surface area contributed by atoms with E-state index in [1.54, 1.807) is 43.6 Å². The number of halogens is 1. The predicted octanol–water partition coefficient (Wildman–Crippen LogP) is 3.41. The van der Waals surface area contributed by atoms with Gasteiger partial charge in [0, 0.05) is 24.5 Å². The van der Waals surface area contributed by atoms with Crippen molar-refractivity contribution in [3.8, 4) is 11.3 Å². The van der Waals surface area contributed by atoms with Gasteiger partial charge in [-0.05, 0) is 38.1 Å². The van der Waals surface area contributed by atoms with Crippen LogP contribution in [0.25, 0.3) is 11.3 Å². The summed E-state index contributed by atoms with van der Waals surface area (Å²) in [5, 5.41) is 7.12. The van der Waals surface area contributed by atoms with Crippen LogP contribution in [0, 0.1) is 5.82 Å². The first-order valence-electron chi connectivity index (χ1n) is 8.11. The van der Waals surface area contributed by atoms with Crippen molar-refractivity contribution in [3.05, 3.63) is 70.5 Å². The third-order valence-corrected chi connectivity index (χ3v) is 3.89. The molecule has 0 aliphatic carbocycles. The minimum atomic E-state index is -0.522. The van der Waals surface area contributed by atoms with Crippen LogP contribution in [0.3, 0.4) is 0 Å². The molecule has 1 N–H and O–H groups in total. The number of para-hydroxylation sites is 1. The molecule has 0 spiro atoms. The Kier molecular flexibility index (Phi) is 4.88. The van der Waals surface area contributed by atoms with E-state index in [-0.39, 0.29) is 22.7 Å². The first-order chi connectivity index (χ1) is 12.5. The number of Topliss-reactive ketones (excluding diaryl/α,β-unsaturated/α-hetero) is 1. The van der Waals surface area contributed by atoms with Crippen LogP contribution in [-0.2, 0) is 6.54 Å². The Morgan fingerprint density at radius 3 is 2.50 bits per heavy atom. The van der Waals surface area contributed by atoms with Gasteiger partial charge in [-0.3, -0.25) is 14.6 Å². The lowest BCUT2D eigenvalue weighted by Gasteiger charge is -2.16. The van der Waals surface area contributed by atoms with Crippen molar-refractivity contribution in [2.75, 3.05) is 5.32 Å². The maximum atomic E-state index is 14.1. The Hall–Kier alpha value is -3.35. The van der Waals surface area contributed by atoms with Crippen molar-refractivity contribution < 1.29 is 9.18 Å². The standard InChI is InChI=1S/C19H17FN4O2/c1-3-24-19(26)18(22-15-7-5-4-6-14(15)20)16(12(2)25)17(23-24)13-8-10-21-11-9-13/h4-11,22H,3H2,1-2H3. The largest absolute Gasteiger partial charge is 0.348 e. The number of aryl methyl sites for hydroxylation is 1. The van der Waals surface area contributed by atoms with Crippen LogP contribution in [0.4, 0.5) is 15.8 Å².